The molecule has 0 amide bonds. The highest BCUT2D eigenvalue weighted by Gasteiger charge is 2.26. The van der Waals surface area contributed by atoms with E-state index in [-0.39, 0.29) is 6.10 Å². The second-order valence-electron chi connectivity index (χ2n) is 6.28. The summed E-state index contributed by atoms with van der Waals surface area (Å²) in [4.78, 5) is 7.16. The van der Waals surface area contributed by atoms with E-state index in [1.807, 2.05) is 13.0 Å². The highest BCUT2D eigenvalue weighted by molar-refractivity contribution is 5.93. The van der Waals surface area contributed by atoms with Gasteiger partial charge in [-0.05, 0) is 45.2 Å². The molecular formula is C18H24N2O. The molecule has 1 aromatic heterocycles. The molecule has 1 N–H and O–H groups in total. The summed E-state index contributed by atoms with van der Waals surface area (Å²) < 4.78 is 0. The third kappa shape index (κ3) is 2.62. The lowest BCUT2D eigenvalue weighted by molar-refractivity contribution is 0.115. The fourth-order valence-corrected chi connectivity index (χ4v) is 3.42. The fourth-order valence-electron chi connectivity index (χ4n) is 3.42. The van der Waals surface area contributed by atoms with Crippen LogP contribution in [0, 0.1) is 19.8 Å². The van der Waals surface area contributed by atoms with E-state index in [9.17, 15) is 5.11 Å². The summed E-state index contributed by atoms with van der Waals surface area (Å²) in [6, 6.07) is 8.37. The van der Waals surface area contributed by atoms with E-state index in [0.717, 1.165) is 37.1 Å². The zero-order valence-electron chi connectivity index (χ0n) is 13.1. The summed E-state index contributed by atoms with van der Waals surface area (Å²) >= 11 is 0. The molecule has 1 saturated heterocycles. The van der Waals surface area contributed by atoms with Crippen molar-refractivity contribution in [1.82, 2.24) is 4.98 Å². The van der Waals surface area contributed by atoms with Crippen molar-refractivity contribution < 1.29 is 5.11 Å². The lowest BCUT2D eigenvalue weighted by Gasteiger charge is -2.37. The van der Waals surface area contributed by atoms with Crippen LogP contribution in [0.5, 0.6) is 0 Å². The number of piperidine rings is 1. The van der Waals surface area contributed by atoms with Crippen LogP contribution in [0.4, 0.5) is 5.69 Å². The van der Waals surface area contributed by atoms with Crippen LogP contribution in [0.1, 0.15) is 31.0 Å². The molecule has 2 atom stereocenters. The highest BCUT2D eigenvalue weighted by Crippen LogP contribution is 2.34. The van der Waals surface area contributed by atoms with Gasteiger partial charge in [0, 0.05) is 30.1 Å². The van der Waals surface area contributed by atoms with Gasteiger partial charge < -0.3 is 10.0 Å². The Morgan fingerprint density at radius 3 is 2.81 bits per heavy atom. The summed E-state index contributed by atoms with van der Waals surface area (Å²) in [6.45, 7) is 8.16. The second kappa shape index (κ2) is 5.64. The van der Waals surface area contributed by atoms with Crippen LogP contribution in [0.2, 0.25) is 0 Å². The van der Waals surface area contributed by atoms with E-state index in [1.54, 1.807) is 0 Å². The Bertz CT molecular complexity index is 651. The minimum Gasteiger partial charge on any atom is -0.393 e. The van der Waals surface area contributed by atoms with Crippen LogP contribution in [-0.2, 0) is 0 Å². The van der Waals surface area contributed by atoms with Crippen molar-refractivity contribution in [2.24, 2.45) is 5.92 Å². The van der Waals surface area contributed by atoms with E-state index >= 15 is 0 Å². The number of aryl methyl sites for hydroxylation is 1. The normalized spacial score (nSPS) is 20.8. The van der Waals surface area contributed by atoms with E-state index in [2.05, 4.69) is 36.9 Å². The largest absolute Gasteiger partial charge is 0.393 e. The monoisotopic (exact) mass is 284 g/mol. The molecule has 1 fully saturated rings. The van der Waals surface area contributed by atoms with Gasteiger partial charge in [0.15, 0.2) is 0 Å². The SMILES string of the molecule is Cc1nc2ccccc2c(N2CCCC(C(C)O)C2)c1C. The van der Waals surface area contributed by atoms with Crippen molar-refractivity contribution in [2.75, 3.05) is 18.0 Å². The number of nitrogens with zero attached hydrogens (tertiary/aromatic N) is 2. The Kier molecular flexibility index (Phi) is 3.85. The number of benzene rings is 1. The van der Waals surface area contributed by atoms with Crippen molar-refractivity contribution in [1.29, 1.82) is 0 Å². The van der Waals surface area contributed by atoms with Crippen LogP contribution in [-0.4, -0.2) is 29.3 Å². The summed E-state index contributed by atoms with van der Waals surface area (Å²) in [7, 11) is 0. The standard InChI is InChI=1S/C18H24N2O/c1-12-13(2)19-17-9-5-4-8-16(17)18(12)20-10-6-7-15(11-20)14(3)21/h4-5,8-9,14-15,21H,6-7,10-11H2,1-3H3. The summed E-state index contributed by atoms with van der Waals surface area (Å²) in [5.41, 5.74) is 4.74. The number of hydrogen-bond acceptors (Lipinski definition) is 3. The van der Waals surface area contributed by atoms with Crippen molar-refractivity contribution in [2.45, 2.75) is 39.7 Å². The van der Waals surface area contributed by atoms with Gasteiger partial charge in [0.05, 0.1) is 17.3 Å². The Hall–Kier alpha value is -1.61. The lowest BCUT2D eigenvalue weighted by atomic mass is 9.92. The smallest absolute Gasteiger partial charge is 0.0726 e. The summed E-state index contributed by atoms with van der Waals surface area (Å²) in [5.74, 6) is 0.366. The zero-order valence-corrected chi connectivity index (χ0v) is 13.1. The lowest BCUT2D eigenvalue weighted by Crippen LogP contribution is -2.40. The maximum Gasteiger partial charge on any atom is 0.0726 e. The third-order valence-corrected chi connectivity index (χ3v) is 4.80. The number of para-hydroxylation sites is 1. The fraction of sp³-hybridized carbons (Fsp3) is 0.500. The molecule has 2 unspecified atom stereocenters. The molecule has 0 saturated carbocycles. The van der Waals surface area contributed by atoms with Crippen LogP contribution in [0.15, 0.2) is 24.3 Å². The molecule has 2 aromatic rings. The Morgan fingerprint density at radius 2 is 2.05 bits per heavy atom. The molecule has 1 aromatic carbocycles. The highest BCUT2D eigenvalue weighted by atomic mass is 16.3. The minimum absolute atomic E-state index is 0.234. The molecule has 21 heavy (non-hydrogen) atoms. The molecule has 3 rings (SSSR count). The van der Waals surface area contributed by atoms with Crippen molar-refractivity contribution in [3.05, 3.63) is 35.5 Å². The van der Waals surface area contributed by atoms with E-state index in [4.69, 9.17) is 4.98 Å². The zero-order chi connectivity index (χ0) is 15.0. The van der Waals surface area contributed by atoms with Gasteiger partial charge in [0.25, 0.3) is 0 Å². The van der Waals surface area contributed by atoms with Gasteiger partial charge in [-0.1, -0.05) is 18.2 Å². The number of aliphatic hydroxyl groups is 1. The van der Waals surface area contributed by atoms with Crippen LogP contribution < -0.4 is 4.90 Å². The molecule has 1 aliphatic heterocycles. The van der Waals surface area contributed by atoms with Gasteiger partial charge in [-0.3, -0.25) is 4.98 Å². The number of anilines is 1. The predicted molar refractivity (Wildman–Crippen MR) is 87.8 cm³/mol. The van der Waals surface area contributed by atoms with Gasteiger partial charge in [-0.2, -0.15) is 0 Å². The van der Waals surface area contributed by atoms with Crippen LogP contribution >= 0.6 is 0 Å². The van der Waals surface area contributed by atoms with Gasteiger partial charge in [0.1, 0.15) is 0 Å². The number of hydrogen-bond donors (Lipinski definition) is 1. The van der Waals surface area contributed by atoms with Gasteiger partial charge >= 0.3 is 0 Å². The minimum atomic E-state index is -0.234. The molecule has 112 valence electrons. The molecule has 1 aliphatic rings. The van der Waals surface area contributed by atoms with Crippen molar-refractivity contribution >= 4 is 16.6 Å². The van der Waals surface area contributed by atoms with Gasteiger partial charge in [0.2, 0.25) is 0 Å². The maximum atomic E-state index is 9.94. The molecule has 2 heterocycles. The number of pyridine rings is 1. The third-order valence-electron chi connectivity index (χ3n) is 4.80. The first-order valence-electron chi connectivity index (χ1n) is 7.87. The Morgan fingerprint density at radius 1 is 1.29 bits per heavy atom. The van der Waals surface area contributed by atoms with Crippen LogP contribution in [0.25, 0.3) is 10.9 Å². The molecule has 3 nitrogen and oxygen atoms in total. The number of rotatable bonds is 2. The quantitative estimate of drug-likeness (QED) is 0.917. The van der Waals surface area contributed by atoms with Gasteiger partial charge in [-0.25, -0.2) is 0 Å². The first-order chi connectivity index (χ1) is 10.1. The Labute approximate surface area is 126 Å². The molecule has 3 heteroatoms. The molecule has 0 radical (unpaired) electrons. The first kappa shape index (κ1) is 14.3. The maximum absolute atomic E-state index is 9.94. The van der Waals surface area contributed by atoms with E-state index in [1.165, 1.54) is 16.6 Å². The molecular weight excluding hydrogens is 260 g/mol. The van der Waals surface area contributed by atoms with Crippen molar-refractivity contribution in [3.63, 3.8) is 0 Å². The molecule has 0 spiro atoms. The van der Waals surface area contributed by atoms with Gasteiger partial charge in [-0.15, -0.1) is 0 Å². The summed E-state index contributed by atoms with van der Waals surface area (Å²) in [5, 5.41) is 11.2. The summed E-state index contributed by atoms with van der Waals surface area (Å²) in [6.07, 6.45) is 2.03. The molecule has 0 aliphatic carbocycles. The van der Waals surface area contributed by atoms with Crippen LogP contribution in [0.3, 0.4) is 0 Å². The topological polar surface area (TPSA) is 36.4 Å². The number of aliphatic hydroxyl groups excluding tert-OH is 1. The average molecular weight is 284 g/mol. The first-order valence-corrected chi connectivity index (χ1v) is 7.87. The van der Waals surface area contributed by atoms with Crippen molar-refractivity contribution in [3.8, 4) is 0 Å². The second-order valence-corrected chi connectivity index (χ2v) is 6.28. The number of fused-ring (bicyclic) bond motifs is 1. The van der Waals surface area contributed by atoms with E-state index in [0.29, 0.717) is 5.92 Å². The number of aromatic nitrogens is 1. The average Bonchev–Trinajstić information content (AvgIpc) is 2.48. The molecule has 0 bridgehead atoms. The Balaban J connectivity index is 2.08. The van der Waals surface area contributed by atoms with E-state index < -0.39 is 0 Å². The predicted octanol–water partition coefficient (Wildman–Crippen LogP) is 3.45.